The molecule has 0 unspecified atom stereocenters. The Morgan fingerprint density at radius 2 is 1.93 bits per heavy atom. The van der Waals surface area contributed by atoms with Crippen LogP contribution in [0.3, 0.4) is 0 Å². The van der Waals surface area contributed by atoms with E-state index in [-0.39, 0.29) is 12.4 Å². The van der Waals surface area contributed by atoms with Crippen molar-refractivity contribution in [3.8, 4) is 16.4 Å². The second kappa shape index (κ2) is 7.69. The highest BCUT2D eigenvalue weighted by Gasteiger charge is 2.19. The van der Waals surface area contributed by atoms with Crippen LogP contribution in [0.1, 0.15) is 16.2 Å². The van der Waals surface area contributed by atoms with Gasteiger partial charge in [-0.15, -0.1) is 16.4 Å². The molecule has 0 saturated carbocycles. The third-order valence-electron chi connectivity index (χ3n) is 4.00. The van der Waals surface area contributed by atoms with Gasteiger partial charge in [-0.2, -0.15) is 0 Å². The van der Waals surface area contributed by atoms with Gasteiger partial charge >= 0.3 is 0 Å². The normalized spacial score (nSPS) is 10.8. The third kappa shape index (κ3) is 3.67. The SMILES string of the molecule is O=C(NCc1ccccc1F)c1nc(-c2cccs2)n(-c2cccc(F)c2)n1. The predicted octanol–water partition coefficient (Wildman–Crippen LogP) is 4.20. The zero-order valence-corrected chi connectivity index (χ0v) is 15.3. The van der Waals surface area contributed by atoms with E-state index in [2.05, 4.69) is 15.4 Å². The number of rotatable bonds is 5. The summed E-state index contributed by atoms with van der Waals surface area (Å²) in [6, 6.07) is 15.7. The number of hydrogen-bond donors (Lipinski definition) is 1. The maximum absolute atomic E-state index is 13.7. The van der Waals surface area contributed by atoms with Gasteiger partial charge < -0.3 is 5.32 Å². The van der Waals surface area contributed by atoms with Crippen LogP contribution in [0.4, 0.5) is 8.78 Å². The van der Waals surface area contributed by atoms with Crippen molar-refractivity contribution in [3.63, 3.8) is 0 Å². The predicted molar refractivity (Wildman–Crippen MR) is 102 cm³/mol. The lowest BCUT2D eigenvalue weighted by Gasteiger charge is -2.04. The van der Waals surface area contributed by atoms with Gasteiger partial charge in [0.2, 0.25) is 5.82 Å². The molecule has 28 heavy (non-hydrogen) atoms. The number of thiophene rings is 1. The molecular formula is C20H14F2N4OS. The maximum Gasteiger partial charge on any atom is 0.291 e. The number of amides is 1. The van der Waals surface area contributed by atoms with Crippen LogP contribution >= 0.6 is 11.3 Å². The third-order valence-corrected chi connectivity index (χ3v) is 4.87. The van der Waals surface area contributed by atoms with Crippen LogP contribution in [0.25, 0.3) is 16.4 Å². The van der Waals surface area contributed by atoms with Gasteiger partial charge in [0, 0.05) is 12.1 Å². The summed E-state index contributed by atoms with van der Waals surface area (Å²) in [4.78, 5) is 17.6. The lowest BCUT2D eigenvalue weighted by molar-refractivity contribution is 0.0940. The summed E-state index contributed by atoms with van der Waals surface area (Å²) < 4.78 is 28.8. The van der Waals surface area contributed by atoms with Crippen molar-refractivity contribution in [1.82, 2.24) is 20.1 Å². The Bertz CT molecular complexity index is 1120. The molecule has 4 rings (SSSR count). The van der Waals surface area contributed by atoms with Crippen LogP contribution in [0.2, 0.25) is 0 Å². The van der Waals surface area contributed by atoms with Crippen LogP contribution in [0.15, 0.2) is 66.0 Å². The molecule has 140 valence electrons. The van der Waals surface area contributed by atoms with Gasteiger partial charge in [0.15, 0.2) is 5.82 Å². The Morgan fingerprint density at radius 1 is 1.07 bits per heavy atom. The first-order chi connectivity index (χ1) is 13.6. The molecule has 2 aromatic carbocycles. The van der Waals surface area contributed by atoms with Crippen LogP contribution in [0.5, 0.6) is 0 Å². The Labute approximate surface area is 163 Å². The minimum atomic E-state index is -0.545. The first-order valence-corrected chi connectivity index (χ1v) is 9.28. The van der Waals surface area contributed by atoms with Crippen molar-refractivity contribution in [2.24, 2.45) is 0 Å². The number of carbonyl (C=O) groups is 1. The smallest absolute Gasteiger partial charge is 0.291 e. The highest BCUT2D eigenvalue weighted by molar-refractivity contribution is 7.13. The molecular weight excluding hydrogens is 382 g/mol. The van der Waals surface area contributed by atoms with E-state index < -0.39 is 17.5 Å². The zero-order valence-electron chi connectivity index (χ0n) is 14.5. The van der Waals surface area contributed by atoms with E-state index in [1.54, 1.807) is 30.3 Å². The first-order valence-electron chi connectivity index (χ1n) is 8.40. The van der Waals surface area contributed by atoms with Gasteiger partial charge in [0.25, 0.3) is 5.91 Å². The molecule has 1 amide bonds. The van der Waals surface area contributed by atoms with E-state index in [1.807, 2.05) is 17.5 Å². The summed E-state index contributed by atoms with van der Waals surface area (Å²) >= 11 is 1.43. The lowest BCUT2D eigenvalue weighted by atomic mass is 10.2. The van der Waals surface area contributed by atoms with Gasteiger partial charge in [0.05, 0.1) is 10.6 Å². The van der Waals surface area contributed by atoms with Crippen molar-refractivity contribution < 1.29 is 13.6 Å². The molecule has 0 bridgehead atoms. The summed E-state index contributed by atoms with van der Waals surface area (Å²) in [5, 5.41) is 8.74. The monoisotopic (exact) mass is 396 g/mol. The largest absolute Gasteiger partial charge is 0.345 e. The first kappa shape index (κ1) is 18.0. The standard InChI is InChI=1S/C20H14F2N4OS/c21-14-6-3-7-15(11-14)26-19(17-9-4-10-28-17)24-18(25-26)20(27)23-12-13-5-1-2-8-16(13)22/h1-11H,12H2,(H,23,27). The molecule has 4 aromatic rings. The van der Waals surface area contributed by atoms with Crippen LogP contribution < -0.4 is 5.32 Å². The van der Waals surface area contributed by atoms with Gasteiger partial charge in [-0.3, -0.25) is 4.79 Å². The molecule has 0 aliphatic rings. The number of benzene rings is 2. The second-order valence-corrected chi connectivity index (χ2v) is 6.85. The lowest BCUT2D eigenvalue weighted by Crippen LogP contribution is -2.24. The highest BCUT2D eigenvalue weighted by Crippen LogP contribution is 2.25. The van der Waals surface area contributed by atoms with E-state index in [0.717, 1.165) is 4.88 Å². The van der Waals surface area contributed by atoms with Gasteiger partial charge in [0.1, 0.15) is 11.6 Å². The van der Waals surface area contributed by atoms with Gasteiger partial charge in [-0.1, -0.05) is 30.3 Å². The molecule has 1 N–H and O–H groups in total. The van der Waals surface area contributed by atoms with Crippen molar-refractivity contribution in [1.29, 1.82) is 0 Å². The molecule has 0 spiro atoms. The molecule has 2 heterocycles. The average molecular weight is 396 g/mol. The van der Waals surface area contributed by atoms with Crippen molar-refractivity contribution in [3.05, 3.63) is 89.1 Å². The zero-order chi connectivity index (χ0) is 19.5. The minimum Gasteiger partial charge on any atom is -0.345 e. The second-order valence-electron chi connectivity index (χ2n) is 5.90. The summed E-state index contributed by atoms with van der Waals surface area (Å²) in [5.74, 6) is -1.02. The van der Waals surface area contributed by atoms with E-state index >= 15 is 0 Å². The van der Waals surface area contributed by atoms with Crippen LogP contribution in [-0.4, -0.2) is 20.7 Å². The Balaban J connectivity index is 1.65. The Hall–Kier alpha value is -3.39. The van der Waals surface area contributed by atoms with E-state index in [1.165, 1.54) is 34.2 Å². The fourth-order valence-electron chi connectivity index (χ4n) is 2.66. The molecule has 0 saturated heterocycles. The minimum absolute atomic E-state index is 0.00828. The van der Waals surface area contributed by atoms with Crippen LogP contribution in [-0.2, 0) is 6.54 Å². The summed E-state index contributed by atoms with van der Waals surface area (Å²) in [5.41, 5.74) is 0.808. The number of hydrogen-bond acceptors (Lipinski definition) is 4. The quantitative estimate of drug-likeness (QED) is 0.550. The highest BCUT2D eigenvalue weighted by atomic mass is 32.1. The molecule has 0 fully saturated rings. The van der Waals surface area contributed by atoms with E-state index in [0.29, 0.717) is 17.1 Å². The van der Waals surface area contributed by atoms with E-state index in [9.17, 15) is 13.6 Å². The van der Waals surface area contributed by atoms with Crippen molar-refractivity contribution >= 4 is 17.2 Å². The van der Waals surface area contributed by atoms with Crippen LogP contribution in [0, 0.1) is 11.6 Å². The molecule has 0 aliphatic heterocycles. The van der Waals surface area contributed by atoms with Gasteiger partial charge in [-0.05, 0) is 35.7 Å². The summed E-state index contributed by atoms with van der Waals surface area (Å²) in [6.45, 7) is 0.00828. The average Bonchev–Trinajstić information content (AvgIpc) is 3.37. The summed E-state index contributed by atoms with van der Waals surface area (Å²) in [6.07, 6.45) is 0. The number of halogens is 2. The maximum atomic E-state index is 13.7. The Kier molecular flexibility index (Phi) is 4.94. The van der Waals surface area contributed by atoms with Gasteiger partial charge in [-0.25, -0.2) is 18.4 Å². The molecule has 0 atom stereocenters. The topological polar surface area (TPSA) is 59.8 Å². The number of aromatic nitrogens is 3. The molecule has 5 nitrogen and oxygen atoms in total. The fourth-order valence-corrected chi connectivity index (χ4v) is 3.36. The molecule has 0 aliphatic carbocycles. The van der Waals surface area contributed by atoms with E-state index in [4.69, 9.17) is 0 Å². The summed E-state index contributed by atoms with van der Waals surface area (Å²) in [7, 11) is 0. The van der Waals surface area contributed by atoms with Crippen molar-refractivity contribution in [2.45, 2.75) is 6.54 Å². The molecule has 2 aromatic heterocycles. The van der Waals surface area contributed by atoms with Crippen molar-refractivity contribution in [2.75, 3.05) is 0 Å². The number of nitrogens with one attached hydrogen (secondary N) is 1. The molecule has 0 radical (unpaired) electrons. The number of nitrogens with zero attached hydrogens (tertiary/aromatic N) is 3. The Morgan fingerprint density at radius 3 is 2.68 bits per heavy atom. The molecule has 8 heteroatoms. The number of carbonyl (C=O) groups excluding carboxylic acids is 1. The fraction of sp³-hybridized carbons (Fsp3) is 0.0500.